The maximum atomic E-state index is 11.0. The molecule has 1 aromatic heterocycles. The van der Waals surface area contributed by atoms with Crippen molar-refractivity contribution in [2.45, 2.75) is 13.2 Å². The predicted molar refractivity (Wildman–Crippen MR) is 69.6 cm³/mol. The third kappa shape index (κ3) is 3.26. The number of pyridine rings is 1. The second-order valence-electron chi connectivity index (χ2n) is 3.91. The van der Waals surface area contributed by atoms with Gasteiger partial charge in [-0.15, -0.1) is 0 Å². The molecule has 6 heteroatoms. The molecule has 0 spiro atoms. The van der Waals surface area contributed by atoms with Crippen molar-refractivity contribution in [2.75, 3.05) is 0 Å². The zero-order valence-corrected chi connectivity index (χ0v) is 10.2. The second-order valence-corrected chi connectivity index (χ2v) is 3.91. The number of benzene rings is 1. The van der Waals surface area contributed by atoms with Gasteiger partial charge >= 0.3 is 5.69 Å². The molecule has 0 atom stereocenters. The molecule has 6 nitrogen and oxygen atoms in total. The summed E-state index contributed by atoms with van der Waals surface area (Å²) in [6, 6.07) is 8.30. The van der Waals surface area contributed by atoms with Gasteiger partial charge in [-0.3, -0.25) is 15.1 Å². The molecular formula is C13H13N3O3. The Morgan fingerprint density at radius 2 is 1.95 bits per heavy atom. The third-order valence-corrected chi connectivity index (χ3v) is 2.60. The summed E-state index contributed by atoms with van der Waals surface area (Å²) >= 11 is 0. The van der Waals surface area contributed by atoms with E-state index in [1.165, 1.54) is 6.07 Å². The minimum atomic E-state index is -0.471. The molecule has 0 unspecified atom stereocenters. The van der Waals surface area contributed by atoms with Crippen LogP contribution in [0, 0.1) is 10.1 Å². The van der Waals surface area contributed by atoms with E-state index in [1.54, 1.807) is 36.7 Å². The van der Waals surface area contributed by atoms with Crippen molar-refractivity contribution in [3.05, 3.63) is 64.0 Å². The van der Waals surface area contributed by atoms with Crippen LogP contribution >= 0.6 is 0 Å². The van der Waals surface area contributed by atoms with Gasteiger partial charge in [0.1, 0.15) is 6.61 Å². The van der Waals surface area contributed by atoms with Gasteiger partial charge in [-0.25, -0.2) is 0 Å². The highest BCUT2D eigenvalue weighted by atomic mass is 16.6. The fourth-order valence-electron chi connectivity index (χ4n) is 1.59. The average molecular weight is 259 g/mol. The first-order valence-corrected chi connectivity index (χ1v) is 5.70. The molecule has 0 aliphatic heterocycles. The minimum Gasteiger partial charge on any atom is -0.482 e. The summed E-state index contributed by atoms with van der Waals surface area (Å²) in [5.41, 5.74) is 6.98. The van der Waals surface area contributed by atoms with E-state index < -0.39 is 4.92 Å². The first-order chi connectivity index (χ1) is 9.20. The highest BCUT2D eigenvalue weighted by molar-refractivity contribution is 5.48. The van der Waals surface area contributed by atoms with E-state index >= 15 is 0 Å². The van der Waals surface area contributed by atoms with E-state index in [9.17, 15) is 10.1 Å². The van der Waals surface area contributed by atoms with Crippen molar-refractivity contribution >= 4 is 5.69 Å². The quantitative estimate of drug-likeness (QED) is 0.655. The fourth-order valence-corrected chi connectivity index (χ4v) is 1.59. The summed E-state index contributed by atoms with van der Waals surface area (Å²) < 4.78 is 5.47. The lowest BCUT2D eigenvalue weighted by Crippen LogP contribution is -2.02. The number of rotatable bonds is 5. The van der Waals surface area contributed by atoms with Crippen LogP contribution < -0.4 is 10.5 Å². The molecule has 0 saturated heterocycles. The van der Waals surface area contributed by atoms with Gasteiger partial charge in [0.25, 0.3) is 0 Å². The van der Waals surface area contributed by atoms with Crippen LogP contribution in [0.15, 0.2) is 42.7 Å². The van der Waals surface area contributed by atoms with E-state index in [-0.39, 0.29) is 24.6 Å². The molecule has 1 heterocycles. The molecule has 19 heavy (non-hydrogen) atoms. The smallest absolute Gasteiger partial charge is 0.311 e. The molecule has 98 valence electrons. The van der Waals surface area contributed by atoms with Gasteiger partial charge in [0.05, 0.1) is 4.92 Å². The average Bonchev–Trinajstić information content (AvgIpc) is 2.46. The van der Waals surface area contributed by atoms with Gasteiger partial charge < -0.3 is 10.5 Å². The number of hydrogen-bond donors (Lipinski definition) is 1. The van der Waals surface area contributed by atoms with E-state index in [0.29, 0.717) is 5.56 Å². The Hall–Kier alpha value is -2.47. The highest BCUT2D eigenvalue weighted by Crippen LogP contribution is 2.28. The SMILES string of the molecule is NCc1ccc(OCc2ccncc2)c([N+](=O)[O-])c1. The number of nitro benzene ring substituents is 1. The summed E-state index contributed by atoms with van der Waals surface area (Å²) in [7, 11) is 0. The molecule has 0 saturated carbocycles. The normalized spacial score (nSPS) is 10.2. The van der Waals surface area contributed by atoms with Crippen LogP contribution in [0.4, 0.5) is 5.69 Å². The molecule has 0 aliphatic rings. The minimum absolute atomic E-state index is 0.0722. The summed E-state index contributed by atoms with van der Waals surface area (Å²) in [6.45, 7) is 0.511. The Morgan fingerprint density at radius 3 is 2.58 bits per heavy atom. The van der Waals surface area contributed by atoms with E-state index in [2.05, 4.69) is 4.98 Å². The maximum Gasteiger partial charge on any atom is 0.311 e. The topological polar surface area (TPSA) is 91.3 Å². The first kappa shape index (κ1) is 13.0. The van der Waals surface area contributed by atoms with Crippen molar-refractivity contribution in [3.8, 4) is 5.75 Å². The van der Waals surface area contributed by atoms with Gasteiger partial charge in [0.15, 0.2) is 5.75 Å². The zero-order valence-electron chi connectivity index (χ0n) is 10.2. The molecule has 2 rings (SSSR count). The van der Waals surface area contributed by atoms with Crippen LogP contribution in [0.3, 0.4) is 0 Å². The summed E-state index contributed by atoms with van der Waals surface area (Å²) in [4.78, 5) is 14.4. The zero-order chi connectivity index (χ0) is 13.7. The molecule has 0 fully saturated rings. The Labute approximate surface area is 110 Å². The molecule has 2 N–H and O–H groups in total. The number of hydrogen-bond acceptors (Lipinski definition) is 5. The molecule has 0 bridgehead atoms. The number of ether oxygens (including phenoxy) is 1. The number of nitrogens with two attached hydrogens (primary N) is 1. The third-order valence-electron chi connectivity index (χ3n) is 2.60. The van der Waals surface area contributed by atoms with Crippen LogP contribution in [-0.4, -0.2) is 9.91 Å². The highest BCUT2D eigenvalue weighted by Gasteiger charge is 2.15. The van der Waals surface area contributed by atoms with Crippen molar-refractivity contribution in [1.29, 1.82) is 0 Å². The maximum absolute atomic E-state index is 11.0. The van der Waals surface area contributed by atoms with E-state index in [4.69, 9.17) is 10.5 Å². The Kier molecular flexibility index (Phi) is 4.04. The van der Waals surface area contributed by atoms with Gasteiger partial charge in [-0.05, 0) is 29.3 Å². The van der Waals surface area contributed by atoms with Crippen molar-refractivity contribution in [3.63, 3.8) is 0 Å². The van der Waals surface area contributed by atoms with E-state index in [0.717, 1.165) is 5.56 Å². The fraction of sp³-hybridized carbons (Fsp3) is 0.154. The van der Waals surface area contributed by atoms with Crippen molar-refractivity contribution < 1.29 is 9.66 Å². The summed E-state index contributed by atoms with van der Waals surface area (Å²) in [5.74, 6) is 0.235. The van der Waals surface area contributed by atoms with Crippen LogP contribution in [0.1, 0.15) is 11.1 Å². The molecule has 2 aromatic rings. The molecule has 1 aromatic carbocycles. The van der Waals surface area contributed by atoms with Crippen molar-refractivity contribution in [1.82, 2.24) is 4.98 Å². The van der Waals surface area contributed by atoms with Crippen molar-refractivity contribution in [2.24, 2.45) is 5.73 Å². The largest absolute Gasteiger partial charge is 0.482 e. The standard InChI is InChI=1S/C13H13N3O3/c14-8-11-1-2-13(12(7-11)16(17)18)19-9-10-3-5-15-6-4-10/h1-7H,8-9,14H2. The lowest BCUT2D eigenvalue weighted by atomic mass is 10.2. The first-order valence-electron chi connectivity index (χ1n) is 5.70. The Balaban J connectivity index is 2.18. The van der Waals surface area contributed by atoms with Crippen LogP contribution in [-0.2, 0) is 13.2 Å². The Morgan fingerprint density at radius 1 is 1.21 bits per heavy atom. The van der Waals surface area contributed by atoms with Crippen LogP contribution in [0.5, 0.6) is 5.75 Å². The molecule has 0 aliphatic carbocycles. The monoisotopic (exact) mass is 259 g/mol. The summed E-state index contributed by atoms with van der Waals surface area (Å²) in [6.07, 6.45) is 3.29. The number of nitro groups is 1. The lowest BCUT2D eigenvalue weighted by molar-refractivity contribution is -0.386. The predicted octanol–water partition coefficient (Wildman–Crippen LogP) is 2.03. The second kappa shape index (κ2) is 5.92. The van der Waals surface area contributed by atoms with E-state index in [1.807, 2.05) is 0 Å². The van der Waals surface area contributed by atoms with Crippen LogP contribution in [0.2, 0.25) is 0 Å². The Bertz CT molecular complexity index is 573. The summed E-state index contributed by atoms with van der Waals surface area (Å²) in [5, 5.41) is 11.0. The number of aromatic nitrogens is 1. The lowest BCUT2D eigenvalue weighted by Gasteiger charge is -2.07. The number of nitrogens with zero attached hydrogens (tertiary/aromatic N) is 2. The van der Waals surface area contributed by atoms with Crippen LogP contribution in [0.25, 0.3) is 0 Å². The van der Waals surface area contributed by atoms with Gasteiger partial charge in [-0.2, -0.15) is 0 Å². The van der Waals surface area contributed by atoms with Gasteiger partial charge in [-0.1, -0.05) is 6.07 Å². The molecule has 0 radical (unpaired) electrons. The van der Waals surface area contributed by atoms with Gasteiger partial charge in [0, 0.05) is 25.0 Å². The molecular weight excluding hydrogens is 246 g/mol. The van der Waals surface area contributed by atoms with Gasteiger partial charge in [0.2, 0.25) is 0 Å². The molecule has 0 amide bonds.